The normalized spacial score (nSPS) is 14.1. The van der Waals surface area contributed by atoms with E-state index in [4.69, 9.17) is 10.5 Å². The molecule has 0 heterocycles. The Labute approximate surface area is 92.6 Å². The summed E-state index contributed by atoms with van der Waals surface area (Å²) >= 11 is 0. The molecule has 0 aliphatic carbocycles. The van der Waals surface area contributed by atoms with Crippen molar-refractivity contribution in [2.75, 3.05) is 13.1 Å². The van der Waals surface area contributed by atoms with E-state index in [0.717, 1.165) is 0 Å². The Hall–Kier alpha value is -0.610. The number of ether oxygens (including phenoxy) is 1. The van der Waals surface area contributed by atoms with Crippen LogP contribution in [0, 0.1) is 5.92 Å². The lowest BCUT2D eigenvalue weighted by molar-refractivity contribution is -0.151. The maximum atomic E-state index is 11.4. The number of carbonyl (C=O) groups is 1. The first-order chi connectivity index (χ1) is 6.72. The van der Waals surface area contributed by atoms with E-state index in [1.54, 1.807) is 0 Å². The van der Waals surface area contributed by atoms with Crippen molar-refractivity contribution in [3.05, 3.63) is 0 Å². The van der Waals surface area contributed by atoms with Gasteiger partial charge in [-0.1, -0.05) is 6.92 Å². The summed E-state index contributed by atoms with van der Waals surface area (Å²) in [7, 11) is 0. The van der Waals surface area contributed by atoms with Crippen LogP contribution in [0.5, 0.6) is 0 Å². The Morgan fingerprint density at radius 3 is 2.33 bits per heavy atom. The summed E-state index contributed by atoms with van der Waals surface area (Å²) in [6.45, 7) is 10.7. The Morgan fingerprint density at radius 2 is 1.93 bits per heavy atom. The minimum atomic E-state index is -0.248. The number of esters is 1. The van der Waals surface area contributed by atoms with Crippen LogP contribution in [0.25, 0.3) is 0 Å². The zero-order valence-corrected chi connectivity index (χ0v) is 10.5. The summed E-state index contributed by atoms with van der Waals surface area (Å²) in [6.07, 6.45) is -0.0501. The second-order valence-electron chi connectivity index (χ2n) is 5.01. The van der Waals surface area contributed by atoms with E-state index in [0.29, 0.717) is 13.1 Å². The van der Waals surface area contributed by atoms with Gasteiger partial charge in [0.25, 0.3) is 0 Å². The van der Waals surface area contributed by atoms with Crippen molar-refractivity contribution in [1.29, 1.82) is 0 Å². The maximum Gasteiger partial charge on any atom is 0.310 e. The van der Waals surface area contributed by atoms with Gasteiger partial charge in [0.05, 0.1) is 12.0 Å². The summed E-state index contributed by atoms with van der Waals surface area (Å²) in [5.41, 5.74) is 5.55. The Bertz CT molecular complexity index is 197. The lowest BCUT2D eigenvalue weighted by Crippen LogP contribution is -2.44. The molecule has 0 aromatic heterocycles. The van der Waals surface area contributed by atoms with E-state index >= 15 is 0 Å². The number of nitrogens with one attached hydrogen (secondary N) is 1. The lowest BCUT2D eigenvalue weighted by Gasteiger charge is -2.20. The highest BCUT2D eigenvalue weighted by Crippen LogP contribution is 2.01. The van der Waals surface area contributed by atoms with Gasteiger partial charge >= 0.3 is 5.97 Å². The Balaban J connectivity index is 3.74. The van der Waals surface area contributed by atoms with Crippen molar-refractivity contribution in [3.8, 4) is 0 Å². The number of carbonyl (C=O) groups excluding carboxylic acids is 1. The van der Waals surface area contributed by atoms with Crippen LogP contribution in [0.3, 0.4) is 0 Å². The largest absolute Gasteiger partial charge is 0.463 e. The molecule has 0 saturated heterocycles. The summed E-state index contributed by atoms with van der Waals surface area (Å²) in [5.74, 6) is -0.290. The molecule has 1 unspecified atom stereocenters. The fraction of sp³-hybridized carbons (Fsp3) is 0.909. The van der Waals surface area contributed by atoms with E-state index in [-0.39, 0.29) is 23.5 Å². The van der Waals surface area contributed by atoms with Crippen LogP contribution in [-0.4, -0.2) is 30.7 Å². The first-order valence-electron chi connectivity index (χ1n) is 5.42. The highest BCUT2D eigenvalue weighted by Gasteiger charge is 2.17. The molecule has 3 N–H and O–H groups in total. The summed E-state index contributed by atoms with van der Waals surface area (Å²) in [6, 6.07) is 0. The van der Waals surface area contributed by atoms with E-state index in [2.05, 4.69) is 5.32 Å². The molecule has 0 saturated carbocycles. The van der Waals surface area contributed by atoms with Crippen molar-refractivity contribution in [2.45, 2.75) is 46.3 Å². The fourth-order valence-corrected chi connectivity index (χ4v) is 1.04. The number of rotatable bonds is 6. The van der Waals surface area contributed by atoms with Gasteiger partial charge in [0.15, 0.2) is 0 Å². The van der Waals surface area contributed by atoms with Gasteiger partial charge in [-0.3, -0.25) is 4.79 Å². The molecule has 0 aliphatic rings. The molecule has 1 atom stereocenters. The van der Waals surface area contributed by atoms with Gasteiger partial charge in [-0.05, 0) is 27.7 Å². The highest BCUT2D eigenvalue weighted by atomic mass is 16.5. The van der Waals surface area contributed by atoms with E-state index in [9.17, 15) is 4.79 Å². The monoisotopic (exact) mass is 216 g/mol. The number of nitrogens with two attached hydrogens (primary N) is 1. The van der Waals surface area contributed by atoms with Crippen molar-refractivity contribution in [1.82, 2.24) is 5.32 Å². The Morgan fingerprint density at radius 1 is 1.40 bits per heavy atom. The van der Waals surface area contributed by atoms with Gasteiger partial charge < -0.3 is 15.8 Å². The zero-order chi connectivity index (χ0) is 12.1. The molecule has 4 heteroatoms. The first kappa shape index (κ1) is 14.4. The van der Waals surface area contributed by atoms with E-state index in [1.165, 1.54) is 0 Å². The summed E-state index contributed by atoms with van der Waals surface area (Å²) in [5, 5.41) is 3.15. The van der Waals surface area contributed by atoms with Crippen LogP contribution in [0.15, 0.2) is 0 Å². The molecule has 15 heavy (non-hydrogen) atoms. The SMILES string of the molecule is CC(C)OC(=O)C(C)CNCC(C)(C)N. The average Bonchev–Trinajstić information content (AvgIpc) is 2.00. The third-order valence-corrected chi connectivity index (χ3v) is 1.79. The van der Waals surface area contributed by atoms with Crippen LogP contribution in [0.2, 0.25) is 0 Å². The minimum absolute atomic E-state index is 0.0501. The molecule has 0 bridgehead atoms. The molecule has 90 valence electrons. The van der Waals surface area contributed by atoms with Crippen LogP contribution in [0.4, 0.5) is 0 Å². The van der Waals surface area contributed by atoms with Gasteiger partial charge in [0.2, 0.25) is 0 Å². The molecule has 0 radical (unpaired) electrons. The molecule has 0 aromatic carbocycles. The highest BCUT2D eigenvalue weighted by molar-refractivity contribution is 5.72. The smallest absolute Gasteiger partial charge is 0.310 e. The van der Waals surface area contributed by atoms with Crippen molar-refractivity contribution >= 4 is 5.97 Å². The first-order valence-corrected chi connectivity index (χ1v) is 5.42. The number of hydrogen-bond acceptors (Lipinski definition) is 4. The predicted octanol–water partition coefficient (Wildman–Crippen LogP) is 0.901. The van der Waals surface area contributed by atoms with Gasteiger partial charge in [0, 0.05) is 18.6 Å². The molecule has 0 spiro atoms. The Kier molecular flexibility index (Phi) is 5.83. The molecule has 4 nitrogen and oxygen atoms in total. The molecule has 0 amide bonds. The lowest BCUT2D eigenvalue weighted by atomic mass is 10.1. The average molecular weight is 216 g/mol. The van der Waals surface area contributed by atoms with Gasteiger partial charge in [-0.25, -0.2) is 0 Å². The second kappa shape index (κ2) is 6.08. The third kappa shape index (κ3) is 8.39. The zero-order valence-electron chi connectivity index (χ0n) is 10.5. The molecular formula is C11H24N2O2. The molecule has 0 fully saturated rings. The van der Waals surface area contributed by atoms with Gasteiger partial charge in [-0.15, -0.1) is 0 Å². The van der Waals surface area contributed by atoms with Crippen LogP contribution >= 0.6 is 0 Å². The summed E-state index contributed by atoms with van der Waals surface area (Å²) in [4.78, 5) is 11.4. The maximum absolute atomic E-state index is 11.4. The fourth-order valence-electron chi connectivity index (χ4n) is 1.04. The van der Waals surface area contributed by atoms with E-state index in [1.807, 2.05) is 34.6 Å². The quantitative estimate of drug-likeness (QED) is 0.648. The van der Waals surface area contributed by atoms with Crippen molar-refractivity contribution in [3.63, 3.8) is 0 Å². The van der Waals surface area contributed by atoms with Gasteiger partial charge in [-0.2, -0.15) is 0 Å². The second-order valence-corrected chi connectivity index (χ2v) is 5.01. The van der Waals surface area contributed by atoms with Crippen molar-refractivity contribution < 1.29 is 9.53 Å². The standard InChI is InChI=1S/C11H24N2O2/c1-8(2)15-10(14)9(3)6-13-7-11(4,5)12/h8-9,13H,6-7,12H2,1-5H3. The predicted molar refractivity (Wildman–Crippen MR) is 61.5 cm³/mol. The van der Waals surface area contributed by atoms with Gasteiger partial charge in [0.1, 0.15) is 0 Å². The van der Waals surface area contributed by atoms with E-state index < -0.39 is 0 Å². The molecule has 0 aromatic rings. The number of hydrogen-bond donors (Lipinski definition) is 2. The topological polar surface area (TPSA) is 64.3 Å². The van der Waals surface area contributed by atoms with Crippen molar-refractivity contribution in [2.24, 2.45) is 11.7 Å². The van der Waals surface area contributed by atoms with Crippen LogP contribution in [-0.2, 0) is 9.53 Å². The summed E-state index contributed by atoms with van der Waals surface area (Å²) < 4.78 is 5.08. The van der Waals surface area contributed by atoms with Crippen LogP contribution < -0.4 is 11.1 Å². The molecule has 0 rings (SSSR count). The minimum Gasteiger partial charge on any atom is -0.463 e. The molecule has 0 aliphatic heterocycles. The van der Waals surface area contributed by atoms with Crippen LogP contribution in [0.1, 0.15) is 34.6 Å². The molecular weight excluding hydrogens is 192 g/mol. The third-order valence-electron chi connectivity index (χ3n) is 1.79.